The van der Waals surface area contributed by atoms with Crippen molar-refractivity contribution in [3.05, 3.63) is 64.4 Å². The third kappa shape index (κ3) is 3.46. The summed E-state index contributed by atoms with van der Waals surface area (Å²) < 4.78 is 13.1. The van der Waals surface area contributed by atoms with Crippen molar-refractivity contribution in [2.24, 2.45) is 0 Å². The molecule has 0 amide bonds. The second-order valence-corrected chi connectivity index (χ2v) is 4.80. The van der Waals surface area contributed by atoms with Gasteiger partial charge in [-0.25, -0.2) is 4.39 Å². The van der Waals surface area contributed by atoms with Crippen LogP contribution in [0.1, 0.15) is 24.1 Å². The molecule has 0 aliphatic heterocycles. The summed E-state index contributed by atoms with van der Waals surface area (Å²) in [5.41, 5.74) is 1.50. The van der Waals surface area contributed by atoms with Gasteiger partial charge in [-0.3, -0.25) is 0 Å². The average Bonchev–Trinajstić information content (AvgIpc) is 2.40. The first-order chi connectivity index (χ1) is 9.08. The van der Waals surface area contributed by atoms with Gasteiger partial charge >= 0.3 is 0 Å². The largest absolute Gasteiger partial charge is 0.508 e. The normalized spacial score (nSPS) is 12.4. The molecule has 0 radical (unpaired) electrons. The molecule has 0 fully saturated rings. The van der Waals surface area contributed by atoms with E-state index >= 15 is 0 Å². The van der Waals surface area contributed by atoms with Crippen molar-refractivity contribution < 1.29 is 9.50 Å². The first kappa shape index (κ1) is 13.8. The number of rotatable bonds is 4. The van der Waals surface area contributed by atoms with Gasteiger partial charge in [0.05, 0.1) is 0 Å². The van der Waals surface area contributed by atoms with Gasteiger partial charge in [0, 0.05) is 23.2 Å². The Morgan fingerprint density at radius 1 is 1.26 bits per heavy atom. The molecule has 2 aromatic carbocycles. The van der Waals surface area contributed by atoms with Crippen LogP contribution in [0.2, 0.25) is 5.02 Å². The maximum absolute atomic E-state index is 13.1. The van der Waals surface area contributed by atoms with Crippen molar-refractivity contribution in [2.75, 3.05) is 0 Å². The molecule has 2 N–H and O–H groups in total. The van der Waals surface area contributed by atoms with Crippen LogP contribution in [0, 0.1) is 5.82 Å². The molecule has 2 nitrogen and oxygen atoms in total. The van der Waals surface area contributed by atoms with Crippen molar-refractivity contribution in [1.29, 1.82) is 0 Å². The summed E-state index contributed by atoms with van der Waals surface area (Å²) >= 11 is 6.11. The highest BCUT2D eigenvalue weighted by atomic mass is 35.5. The summed E-state index contributed by atoms with van der Waals surface area (Å²) in [4.78, 5) is 0. The Balaban J connectivity index is 2.06. The topological polar surface area (TPSA) is 32.3 Å². The number of nitrogens with one attached hydrogen (secondary N) is 1. The summed E-state index contributed by atoms with van der Waals surface area (Å²) in [6, 6.07) is 11.5. The molecule has 1 atom stereocenters. The van der Waals surface area contributed by atoms with Gasteiger partial charge in [0.25, 0.3) is 0 Å². The fraction of sp³-hybridized carbons (Fsp3) is 0.200. The summed E-state index contributed by atoms with van der Waals surface area (Å²) in [5, 5.41) is 13.5. The minimum Gasteiger partial charge on any atom is -0.508 e. The number of hydrogen-bond acceptors (Lipinski definition) is 2. The number of phenols is 1. The number of halogens is 2. The summed E-state index contributed by atoms with van der Waals surface area (Å²) in [6.07, 6.45) is 0. The first-order valence-corrected chi connectivity index (χ1v) is 6.41. The number of phenolic OH excluding ortho intramolecular Hbond substituents is 1. The van der Waals surface area contributed by atoms with Crippen LogP contribution in [0.5, 0.6) is 5.75 Å². The Hall–Kier alpha value is -1.58. The van der Waals surface area contributed by atoms with Gasteiger partial charge in [-0.2, -0.15) is 0 Å². The Bertz CT molecular complexity index is 574. The van der Waals surface area contributed by atoms with Crippen molar-refractivity contribution in [3.8, 4) is 5.75 Å². The quantitative estimate of drug-likeness (QED) is 0.885. The molecular formula is C15H15ClFNO. The van der Waals surface area contributed by atoms with Crippen LogP contribution in [0.15, 0.2) is 42.5 Å². The Morgan fingerprint density at radius 3 is 2.74 bits per heavy atom. The van der Waals surface area contributed by atoms with Gasteiger partial charge in [-0.05, 0) is 36.8 Å². The van der Waals surface area contributed by atoms with Gasteiger partial charge in [0.1, 0.15) is 11.6 Å². The molecule has 4 heteroatoms. The third-order valence-corrected chi connectivity index (χ3v) is 3.36. The minimum atomic E-state index is -0.361. The second kappa shape index (κ2) is 6.04. The fourth-order valence-corrected chi connectivity index (χ4v) is 2.19. The van der Waals surface area contributed by atoms with E-state index in [1.165, 1.54) is 18.2 Å². The van der Waals surface area contributed by atoms with Crippen LogP contribution in [0.4, 0.5) is 4.39 Å². The average molecular weight is 280 g/mol. The molecule has 0 aliphatic rings. The Kier molecular flexibility index (Phi) is 4.40. The maximum atomic E-state index is 13.1. The lowest BCUT2D eigenvalue weighted by molar-refractivity contribution is 0.457. The zero-order valence-electron chi connectivity index (χ0n) is 10.5. The molecule has 2 rings (SSSR count). The molecule has 0 saturated carbocycles. The molecule has 0 aromatic heterocycles. The van der Waals surface area contributed by atoms with Crippen LogP contribution in [-0.2, 0) is 6.54 Å². The molecule has 0 bridgehead atoms. The van der Waals surface area contributed by atoms with E-state index in [0.29, 0.717) is 17.1 Å². The predicted molar refractivity (Wildman–Crippen MR) is 74.8 cm³/mol. The SMILES string of the molecule is C[C@H](NCc1cc(F)ccc1O)c1ccccc1Cl. The lowest BCUT2D eigenvalue weighted by Crippen LogP contribution is -2.18. The van der Waals surface area contributed by atoms with Gasteiger partial charge < -0.3 is 10.4 Å². The van der Waals surface area contributed by atoms with Crippen molar-refractivity contribution in [2.45, 2.75) is 19.5 Å². The van der Waals surface area contributed by atoms with E-state index < -0.39 is 0 Å². The van der Waals surface area contributed by atoms with Gasteiger partial charge in [0.15, 0.2) is 0 Å². The highest BCUT2D eigenvalue weighted by Gasteiger charge is 2.10. The number of aromatic hydroxyl groups is 1. The first-order valence-electron chi connectivity index (χ1n) is 6.03. The molecule has 100 valence electrons. The van der Waals surface area contributed by atoms with Crippen molar-refractivity contribution in [1.82, 2.24) is 5.32 Å². The van der Waals surface area contributed by atoms with E-state index in [4.69, 9.17) is 11.6 Å². The summed E-state index contributed by atoms with van der Waals surface area (Å²) in [6.45, 7) is 2.34. The second-order valence-electron chi connectivity index (χ2n) is 4.40. The molecular weight excluding hydrogens is 265 g/mol. The zero-order valence-corrected chi connectivity index (χ0v) is 11.3. The van der Waals surface area contributed by atoms with Gasteiger partial charge in [-0.15, -0.1) is 0 Å². The molecule has 0 unspecified atom stereocenters. The van der Waals surface area contributed by atoms with E-state index in [1.807, 2.05) is 31.2 Å². The van der Waals surface area contributed by atoms with Crippen LogP contribution in [0.3, 0.4) is 0 Å². The molecule has 0 aliphatic carbocycles. The van der Waals surface area contributed by atoms with E-state index in [0.717, 1.165) is 5.56 Å². The van der Waals surface area contributed by atoms with E-state index in [1.54, 1.807) is 0 Å². The molecule has 0 spiro atoms. The molecule has 0 saturated heterocycles. The molecule has 2 aromatic rings. The Morgan fingerprint density at radius 2 is 2.00 bits per heavy atom. The highest BCUT2D eigenvalue weighted by molar-refractivity contribution is 6.31. The lowest BCUT2D eigenvalue weighted by Gasteiger charge is -2.16. The smallest absolute Gasteiger partial charge is 0.123 e. The zero-order chi connectivity index (χ0) is 13.8. The van der Waals surface area contributed by atoms with Crippen molar-refractivity contribution >= 4 is 11.6 Å². The lowest BCUT2D eigenvalue weighted by atomic mass is 10.1. The molecule has 0 heterocycles. The van der Waals surface area contributed by atoms with Gasteiger partial charge in [-0.1, -0.05) is 29.8 Å². The molecule has 19 heavy (non-hydrogen) atoms. The minimum absolute atomic E-state index is 0.0105. The monoisotopic (exact) mass is 279 g/mol. The summed E-state index contributed by atoms with van der Waals surface area (Å²) in [5.74, 6) is -0.278. The van der Waals surface area contributed by atoms with Crippen molar-refractivity contribution in [3.63, 3.8) is 0 Å². The van der Waals surface area contributed by atoms with Crippen LogP contribution >= 0.6 is 11.6 Å². The van der Waals surface area contributed by atoms with Crippen LogP contribution in [0.25, 0.3) is 0 Å². The van der Waals surface area contributed by atoms with E-state index in [-0.39, 0.29) is 17.6 Å². The van der Waals surface area contributed by atoms with Gasteiger partial charge in [0.2, 0.25) is 0 Å². The standard InChI is InChI=1S/C15H15ClFNO/c1-10(13-4-2-3-5-14(13)16)18-9-11-8-12(17)6-7-15(11)19/h2-8,10,18-19H,9H2,1H3/t10-/m0/s1. The fourth-order valence-electron chi connectivity index (χ4n) is 1.89. The summed E-state index contributed by atoms with van der Waals surface area (Å²) in [7, 11) is 0. The predicted octanol–water partition coefficient (Wildman–Crippen LogP) is 4.04. The van der Waals surface area contributed by atoms with Crippen LogP contribution < -0.4 is 5.32 Å². The number of hydrogen-bond donors (Lipinski definition) is 2. The third-order valence-electron chi connectivity index (χ3n) is 3.01. The van der Waals surface area contributed by atoms with E-state index in [9.17, 15) is 9.50 Å². The Labute approximate surface area is 116 Å². The maximum Gasteiger partial charge on any atom is 0.123 e. The van der Waals surface area contributed by atoms with E-state index in [2.05, 4.69) is 5.32 Å². The highest BCUT2D eigenvalue weighted by Crippen LogP contribution is 2.23. The number of benzene rings is 2. The van der Waals surface area contributed by atoms with Crippen LogP contribution in [-0.4, -0.2) is 5.11 Å².